The quantitative estimate of drug-likeness (QED) is 0.817. The minimum Gasteiger partial charge on any atom is -0.392 e. The van der Waals surface area contributed by atoms with Gasteiger partial charge in [0, 0.05) is 10.1 Å². The minimum atomic E-state index is -0.509. The lowest BCUT2D eigenvalue weighted by molar-refractivity contribution is 0.196. The fourth-order valence-corrected chi connectivity index (χ4v) is 2.41. The van der Waals surface area contributed by atoms with Crippen molar-refractivity contribution in [3.8, 4) is 0 Å². The van der Waals surface area contributed by atoms with E-state index in [1.807, 2.05) is 19.1 Å². The summed E-state index contributed by atoms with van der Waals surface area (Å²) >= 11 is 7.64. The van der Waals surface area contributed by atoms with Gasteiger partial charge in [-0.1, -0.05) is 24.6 Å². The van der Waals surface area contributed by atoms with Crippen molar-refractivity contribution in [2.24, 2.45) is 0 Å². The summed E-state index contributed by atoms with van der Waals surface area (Å²) in [5.41, 5.74) is 0.805. The van der Waals surface area contributed by atoms with E-state index in [0.717, 1.165) is 10.5 Å². The van der Waals surface area contributed by atoms with Gasteiger partial charge in [-0.15, -0.1) is 11.8 Å². The molecule has 4 heteroatoms. The first-order valence-corrected chi connectivity index (χ1v) is 6.49. The van der Waals surface area contributed by atoms with Crippen molar-refractivity contribution in [3.63, 3.8) is 0 Å². The lowest BCUT2D eigenvalue weighted by Gasteiger charge is -2.15. The van der Waals surface area contributed by atoms with Crippen LogP contribution in [0.15, 0.2) is 23.1 Å². The van der Waals surface area contributed by atoms with Crippen molar-refractivity contribution in [3.05, 3.63) is 28.8 Å². The number of rotatable bonds is 4. The van der Waals surface area contributed by atoms with E-state index in [9.17, 15) is 10.2 Å². The summed E-state index contributed by atoms with van der Waals surface area (Å²) in [5.74, 6) is 0. The molecule has 0 saturated carbocycles. The highest BCUT2D eigenvalue weighted by atomic mass is 35.5. The van der Waals surface area contributed by atoms with Gasteiger partial charge in [-0.25, -0.2) is 0 Å². The summed E-state index contributed by atoms with van der Waals surface area (Å²) in [6, 6.07) is 5.50. The largest absolute Gasteiger partial charge is 0.392 e. The van der Waals surface area contributed by atoms with Gasteiger partial charge in [0.2, 0.25) is 0 Å². The van der Waals surface area contributed by atoms with E-state index in [1.54, 1.807) is 19.9 Å². The van der Waals surface area contributed by atoms with Crippen LogP contribution in [-0.4, -0.2) is 21.6 Å². The van der Waals surface area contributed by atoms with Crippen LogP contribution in [0.3, 0.4) is 0 Å². The fraction of sp³-hybridized carbons (Fsp3) is 0.500. The smallest absolute Gasteiger partial charge is 0.0762 e. The van der Waals surface area contributed by atoms with E-state index < -0.39 is 6.10 Å². The Kier molecular flexibility index (Phi) is 5.12. The zero-order valence-corrected chi connectivity index (χ0v) is 11.2. The van der Waals surface area contributed by atoms with Gasteiger partial charge < -0.3 is 10.2 Å². The molecule has 2 N–H and O–H groups in total. The summed E-state index contributed by atoms with van der Waals surface area (Å²) in [4.78, 5) is 0.930. The molecule has 1 aromatic rings. The van der Waals surface area contributed by atoms with Crippen LogP contribution in [0.25, 0.3) is 0 Å². The van der Waals surface area contributed by atoms with Crippen molar-refractivity contribution in [2.75, 3.05) is 0 Å². The Morgan fingerprint density at radius 3 is 2.25 bits per heavy atom. The van der Waals surface area contributed by atoms with Crippen LogP contribution in [0.4, 0.5) is 0 Å². The molecule has 0 aliphatic heterocycles. The van der Waals surface area contributed by atoms with Crippen molar-refractivity contribution in [2.45, 2.75) is 43.1 Å². The van der Waals surface area contributed by atoms with Crippen LogP contribution in [-0.2, 0) is 0 Å². The van der Waals surface area contributed by atoms with Gasteiger partial charge in [0.05, 0.1) is 17.2 Å². The third-order valence-electron chi connectivity index (χ3n) is 2.43. The SMILES string of the molecule is CC(O)C(C)Sc1ccc([C@H](C)O)cc1Cl. The summed E-state index contributed by atoms with van der Waals surface area (Å²) < 4.78 is 0. The standard InChI is InChI=1S/C12H17ClO2S/c1-7(14)9(3)16-12-5-4-10(8(2)15)6-11(12)13/h4-9,14-15H,1-3H3/t7?,8-,9?/m0/s1. The summed E-state index contributed by atoms with van der Waals surface area (Å²) in [6.07, 6.45) is -0.886. The van der Waals surface area contributed by atoms with Gasteiger partial charge in [0.15, 0.2) is 0 Å². The first kappa shape index (κ1) is 13.8. The monoisotopic (exact) mass is 260 g/mol. The number of aliphatic hydroxyl groups is 2. The topological polar surface area (TPSA) is 40.5 Å². The summed E-state index contributed by atoms with van der Waals surface area (Å²) in [6.45, 7) is 5.42. The van der Waals surface area contributed by atoms with Crippen molar-refractivity contribution >= 4 is 23.4 Å². The molecule has 0 amide bonds. The molecule has 2 nitrogen and oxygen atoms in total. The predicted octanol–water partition coefficient (Wildman–Crippen LogP) is 3.25. The zero-order valence-electron chi connectivity index (χ0n) is 9.64. The number of thioether (sulfide) groups is 1. The average Bonchev–Trinajstić information content (AvgIpc) is 2.20. The summed E-state index contributed by atoms with van der Waals surface area (Å²) in [7, 11) is 0. The van der Waals surface area contributed by atoms with E-state index in [4.69, 9.17) is 11.6 Å². The lowest BCUT2D eigenvalue weighted by Crippen LogP contribution is -2.14. The van der Waals surface area contributed by atoms with Gasteiger partial charge >= 0.3 is 0 Å². The Balaban J connectivity index is 2.83. The number of halogens is 1. The second-order valence-corrected chi connectivity index (χ2v) is 5.76. The molecule has 1 rings (SSSR count). The Morgan fingerprint density at radius 2 is 1.81 bits per heavy atom. The fourth-order valence-electron chi connectivity index (χ4n) is 1.17. The Hall–Kier alpha value is -0.220. The number of benzene rings is 1. The van der Waals surface area contributed by atoms with Crippen LogP contribution in [0.5, 0.6) is 0 Å². The highest BCUT2D eigenvalue weighted by Crippen LogP contribution is 2.33. The third-order valence-corrected chi connectivity index (χ3v) is 4.23. The second kappa shape index (κ2) is 5.92. The van der Waals surface area contributed by atoms with Gasteiger partial charge in [-0.3, -0.25) is 0 Å². The number of hydrogen-bond acceptors (Lipinski definition) is 3. The van der Waals surface area contributed by atoms with Crippen LogP contribution in [0.1, 0.15) is 32.4 Å². The third kappa shape index (κ3) is 3.67. The van der Waals surface area contributed by atoms with Gasteiger partial charge in [0.1, 0.15) is 0 Å². The van der Waals surface area contributed by atoms with E-state index in [0.29, 0.717) is 5.02 Å². The van der Waals surface area contributed by atoms with E-state index >= 15 is 0 Å². The average molecular weight is 261 g/mol. The molecule has 16 heavy (non-hydrogen) atoms. The Labute approximate surface area is 106 Å². The molecule has 0 fully saturated rings. The van der Waals surface area contributed by atoms with Crippen LogP contribution in [0.2, 0.25) is 5.02 Å². The second-order valence-electron chi connectivity index (χ2n) is 3.93. The highest BCUT2D eigenvalue weighted by Gasteiger charge is 2.13. The molecule has 90 valence electrons. The maximum atomic E-state index is 9.41. The first-order valence-electron chi connectivity index (χ1n) is 5.24. The van der Waals surface area contributed by atoms with Crippen LogP contribution >= 0.6 is 23.4 Å². The summed E-state index contributed by atoms with van der Waals surface area (Å²) in [5, 5.41) is 19.5. The predicted molar refractivity (Wildman–Crippen MR) is 69.1 cm³/mol. The van der Waals surface area contributed by atoms with Crippen molar-refractivity contribution in [1.82, 2.24) is 0 Å². The first-order chi connectivity index (χ1) is 7.41. The maximum absolute atomic E-state index is 9.41. The molecule has 0 bridgehead atoms. The van der Waals surface area contributed by atoms with E-state index in [-0.39, 0.29) is 11.4 Å². The van der Waals surface area contributed by atoms with E-state index in [2.05, 4.69) is 0 Å². The molecule has 1 aromatic carbocycles. The number of hydrogen-bond donors (Lipinski definition) is 2. The Morgan fingerprint density at radius 1 is 1.19 bits per heavy atom. The molecular weight excluding hydrogens is 244 g/mol. The molecule has 0 aliphatic carbocycles. The molecule has 0 heterocycles. The van der Waals surface area contributed by atoms with Crippen LogP contribution < -0.4 is 0 Å². The minimum absolute atomic E-state index is 0.0925. The molecule has 0 aromatic heterocycles. The van der Waals surface area contributed by atoms with Gasteiger partial charge in [-0.2, -0.15) is 0 Å². The molecular formula is C12H17ClO2S. The highest BCUT2D eigenvalue weighted by molar-refractivity contribution is 8.00. The normalized spacial score (nSPS) is 16.9. The molecule has 0 spiro atoms. The molecule has 0 aliphatic rings. The van der Waals surface area contributed by atoms with Gasteiger partial charge in [0.25, 0.3) is 0 Å². The molecule has 0 saturated heterocycles. The lowest BCUT2D eigenvalue weighted by atomic mass is 10.1. The van der Waals surface area contributed by atoms with Crippen molar-refractivity contribution < 1.29 is 10.2 Å². The molecule has 3 atom stereocenters. The van der Waals surface area contributed by atoms with Crippen molar-refractivity contribution in [1.29, 1.82) is 0 Å². The zero-order chi connectivity index (χ0) is 12.3. The maximum Gasteiger partial charge on any atom is 0.0762 e. The molecule has 0 radical (unpaired) electrons. The molecule has 2 unspecified atom stereocenters. The van der Waals surface area contributed by atoms with Gasteiger partial charge in [-0.05, 0) is 31.5 Å². The van der Waals surface area contributed by atoms with Crippen LogP contribution in [0, 0.1) is 0 Å². The Bertz CT molecular complexity index is 353. The van der Waals surface area contributed by atoms with E-state index in [1.165, 1.54) is 11.8 Å². The number of aliphatic hydroxyl groups excluding tert-OH is 2.